The van der Waals surface area contributed by atoms with Gasteiger partial charge in [-0.1, -0.05) is 6.92 Å². The first-order valence-electron chi connectivity index (χ1n) is 8.21. The quantitative estimate of drug-likeness (QED) is 0.864. The summed E-state index contributed by atoms with van der Waals surface area (Å²) in [6, 6.07) is 0.953. The third-order valence-electron chi connectivity index (χ3n) is 5.39. The molecule has 1 aliphatic carbocycles. The van der Waals surface area contributed by atoms with E-state index >= 15 is 0 Å². The molecule has 2 atom stereocenters. The maximum Gasteiger partial charge on any atom is 0.236 e. The van der Waals surface area contributed by atoms with Gasteiger partial charge >= 0.3 is 0 Å². The highest BCUT2D eigenvalue weighted by Crippen LogP contribution is 2.27. The van der Waals surface area contributed by atoms with Crippen LogP contribution >= 0.6 is 12.4 Å². The van der Waals surface area contributed by atoms with Crippen LogP contribution in [0.4, 0.5) is 0 Å². The van der Waals surface area contributed by atoms with Gasteiger partial charge in [-0.25, -0.2) is 0 Å². The smallest absolute Gasteiger partial charge is 0.236 e. The predicted octanol–water partition coefficient (Wildman–Crippen LogP) is 2.11. The van der Waals surface area contributed by atoms with Crippen LogP contribution in [-0.4, -0.2) is 54.5 Å². The number of halogens is 1. The molecule has 1 saturated heterocycles. The van der Waals surface area contributed by atoms with E-state index in [4.69, 9.17) is 5.73 Å². The molecule has 1 amide bonds. The molecule has 2 rings (SSSR count). The largest absolute Gasteiger partial charge is 0.342 e. The van der Waals surface area contributed by atoms with E-state index in [1.807, 2.05) is 11.9 Å². The van der Waals surface area contributed by atoms with Gasteiger partial charge in [-0.3, -0.25) is 9.69 Å². The second-order valence-corrected chi connectivity index (χ2v) is 7.03. The van der Waals surface area contributed by atoms with Crippen LogP contribution in [-0.2, 0) is 4.79 Å². The summed E-state index contributed by atoms with van der Waals surface area (Å²) >= 11 is 0. The highest BCUT2D eigenvalue weighted by molar-refractivity contribution is 5.85. The predicted molar refractivity (Wildman–Crippen MR) is 89.6 cm³/mol. The highest BCUT2D eigenvalue weighted by Gasteiger charge is 2.31. The normalized spacial score (nSPS) is 33.5. The van der Waals surface area contributed by atoms with Crippen LogP contribution < -0.4 is 5.73 Å². The third-order valence-corrected chi connectivity index (χ3v) is 5.39. The van der Waals surface area contributed by atoms with Crippen LogP contribution in [0.15, 0.2) is 0 Å². The SMILES string of the molecule is CC1CCC(N(C)C(=O)CN2CC(CN)CC2C)CC1.Cl. The molecule has 1 aliphatic heterocycles. The highest BCUT2D eigenvalue weighted by atomic mass is 35.5. The summed E-state index contributed by atoms with van der Waals surface area (Å²) in [4.78, 5) is 16.8. The third kappa shape index (κ3) is 4.83. The minimum absolute atomic E-state index is 0. The fourth-order valence-electron chi connectivity index (χ4n) is 3.73. The molecule has 2 fully saturated rings. The number of nitrogens with two attached hydrogens (primary N) is 1. The second-order valence-electron chi connectivity index (χ2n) is 7.03. The number of hydrogen-bond donors (Lipinski definition) is 1. The molecule has 2 unspecified atom stereocenters. The Kier molecular flexibility index (Phi) is 7.45. The van der Waals surface area contributed by atoms with Gasteiger partial charge < -0.3 is 10.6 Å². The fraction of sp³-hybridized carbons (Fsp3) is 0.938. The number of carbonyl (C=O) groups is 1. The number of rotatable bonds is 4. The van der Waals surface area contributed by atoms with Gasteiger partial charge in [0.05, 0.1) is 6.54 Å². The molecular formula is C16H32ClN3O. The molecule has 124 valence electrons. The standard InChI is InChI=1S/C16H31N3O.ClH/c1-12-4-6-15(7-5-12)18(3)16(20)11-19-10-14(9-17)8-13(19)2;/h12-15H,4-11,17H2,1-3H3;1H. The zero-order chi connectivity index (χ0) is 14.7. The van der Waals surface area contributed by atoms with Gasteiger partial charge in [-0.15, -0.1) is 12.4 Å². The van der Waals surface area contributed by atoms with Crippen molar-refractivity contribution in [3.8, 4) is 0 Å². The summed E-state index contributed by atoms with van der Waals surface area (Å²) in [5.74, 6) is 1.69. The molecule has 0 spiro atoms. The molecule has 0 bridgehead atoms. The maximum absolute atomic E-state index is 12.5. The molecule has 0 radical (unpaired) electrons. The Balaban J connectivity index is 0.00000220. The van der Waals surface area contributed by atoms with Crippen molar-refractivity contribution in [1.29, 1.82) is 0 Å². The van der Waals surface area contributed by atoms with E-state index in [1.54, 1.807) is 0 Å². The molecule has 0 aromatic carbocycles. The van der Waals surface area contributed by atoms with Gasteiger partial charge in [0.1, 0.15) is 0 Å². The van der Waals surface area contributed by atoms with Crippen LogP contribution in [0.5, 0.6) is 0 Å². The van der Waals surface area contributed by atoms with Gasteiger partial charge in [0, 0.05) is 25.7 Å². The summed E-state index contributed by atoms with van der Waals surface area (Å²) in [5.41, 5.74) is 5.76. The van der Waals surface area contributed by atoms with E-state index in [0.717, 1.165) is 25.4 Å². The number of likely N-dealkylation sites (tertiary alicyclic amines) is 1. The van der Waals surface area contributed by atoms with Crippen LogP contribution in [0.25, 0.3) is 0 Å². The first kappa shape index (κ1) is 18.7. The summed E-state index contributed by atoms with van der Waals surface area (Å²) in [6.45, 7) is 6.83. The molecule has 4 nitrogen and oxygen atoms in total. The monoisotopic (exact) mass is 317 g/mol. The number of likely N-dealkylation sites (N-methyl/N-ethyl adjacent to an activating group) is 1. The van der Waals surface area contributed by atoms with Crippen molar-refractivity contribution in [3.05, 3.63) is 0 Å². The van der Waals surface area contributed by atoms with Crippen molar-refractivity contribution in [2.75, 3.05) is 26.7 Å². The van der Waals surface area contributed by atoms with E-state index in [-0.39, 0.29) is 18.3 Å². The molecule has 2 N–H and O–H groups in total. The minimum atomic E-state index is 0. The summed E-state index contributed by atoms with van der Waals surface area (Å²) < 4.78 is 0. The van der Waals surface area contributed by atoms with Gasteiger partial charge in [0.15, 0.2) is 0 Å². The lowest BCUT2D eigenvalue weighted by molar-refractivity contribution is -0.134. The molecule has 0 aromatic rings. The molecule has 1 heterocycles. The summed E-state index contributed by atoms with van der Waals surface area (Å²) in [5, 5.41) is 0. The van der Waals surface area contributed by atoms with Crippen molar-refractivity contribution in [2.45, 2.75) is 58.0 Å². The van der Waals surface area contributed by atoms with Crippen LogP contribution in [0.3, 0.4) is 0 Å². The maximum atomic E-state index is 12.5. The number of carbonyl (C=O) groups excluding carboxylic acids is 1. The Bertz CT molecular complexity index is 331. The van der Waals surface area contributed by atoms with Crippen molar-refractivity contribution in [1.82, 2.24) is 9.80 Å². The second kappa shape index (κ2) is 8.35. The topological polar surface area (TPSA) is 49.6 Å². The van der Waals surface area contributed by atoms with Gasteiger partial charge in [0.2, 0.25) is 5.91 Å². The number of nitrogens with zero attached hydrogens (tertiary/aromatic N) is 2. The van der Waals surface area contributed by atoms with Crippen molar-refractivity contribution >= 4 is 18.3 Å². The molecule has 5 heteroatoms. The molecule has 2 aliphatic rings. The molecular weight excluding hydrogens is 286 g/mol. The minimum Gasteiger partial charge on any atom is -0.342 e. The van der Waals surface area contributed by atoms with E-state index in [1.165, 1.54) is 25.7 Å². The number of amides is 1. The van der Waals surface area contributed by atoms with Crippen molar-refractivity contribution < 1.29 is 4.79 Å². The lowest BCUT2D eigenvalue weighted by Crippen LogP contribution is -2.45. The van der Waals surface area contributed by atoms with E-state index < -0.39 is 0 Å². The Morgan fingerprint density at radius 2 is 1.86 bits per heavy atom. The lowest BCUT2D eigenvalue weighted by atomic mass is 9.87. The Labute approximate surface area is 135 Å². The molecule has 0 aromatic heterocycles. The van der Waals surface area contributed by atoms with Gasteiger partial charge in [-0.2, -0.15) is 0 Å². The van der Waals surface area contributed by atoms with Crippen LogP contribution in [0.2, 0.25) is 0 Å². The zero-order valence-corrected chi connectivity index (χ0v) is 14.6. The summed E-state index contributed by atoms with van der Waals surface area (Å²) in [7, 11) is 1.99. The first-order chi connectivity index (χ1) is 9.51. The average Bonchev–Trinajstić information content (AvgIpc) is 2.79. The lowest BCUT2D eigenvalue weighted by Gasteiger charge is -2.35. The zero-order valence-electron chi connectivity index (χ0n) is 13.8. The molecule has 1 saturated carbocycles. The first-order valence-corrected chi connectivity index (χ1v) is 8.21. The number of hydrogen-bond acceptors (Lipinski definition) is 3. The van der Waals surface area contributed by atoms with Crippen molar-refractivity contribution in [2.24, 2.45) is 17.6 Å². The Morgan fingerprint density at radius 1 is 1.24 bits per heavy atom. The molecule has 21 heavy (non-hydrogen) atoms. The van der Waals surface area contributed by atoms with Gasteiger partial charge in [0.25, 0.3) is 0 Å². The van der Waals surface area contributed by atoms with E-state index in [2.05, 4.69) is 18.7 Å². The average molecular weight is 318 g/mol. The van der Waals surface area contributed by atoms with E-state index in [9.17, 15) is 4.79 Å². The summed E-state index contributed by atoms with van der Waals surface area (Å²) in [6.07, 6.45) is 6.00. The van der Waals surface area contributed by atoms with Crippen LogP contribution in [0.1, 0.15) is 46.0 Å². The van der Waals surface area contributed by atoms with Crippen molar-refractivity contribution in [3.63, 3.8) is 0 Å². The van der Waals surface area contributed by atoms with Crippen LogP contribution in [0, 0.1) is 11.8 Å². The Hall–Kier alpha value is -0.320. The van der Waals surface area contributed by atoms with E-state index in [0.29, 0.717) is 24.5 Å². The van der Waals surface area contributed by atoms with Gasteiger partial charge in [-0.05, 0) is 57.4 Å². The fourth-order valence-corrected chi connectivity index (χ4v) is 3.73. The Morgan fingerprint density at radius 3 is 2.38 bits per heavy atom.